The highest BCUT2D eigenvalue weighted by molar-refractivity contribution is 9.11. The van der Waals surface area contributed by atoms with Crippen LogP contribution in [0.25, 0.3) is 0 Å². The van der Waals surface area contributed by atoms with Gasteiger partial charge in [0.15, 0.2) is 0 Å². The molecule has 0 rings (SSSR count). The fourth-order valence-corrected chi connectivity index (χ4v) is 0.584. The Morgan fingerprint density at radius 2 is 2.25 bits per heavy atom. The van der Waals surface area contributed by atoms with Crippen molar-refractivity contribution < 1.29 is 4.79 Å². The van der Waals surface area contributed by atoms with E-state index in [4.69, 9.17) is 0 Å². The Morgan fingerprint density at radius 3 is 2.38 bits per heavy atom. The first-order valence-electron chi connectivity index (χ1n) is 2.14. The molecule has 0 aliphatic rings. The zero-order valence-electron chi connectivity index (χ0n) is 4.65. The summed E-state index contributed by atoms with van der Waals surface area (Å²) in [6.45, 7) is 5.28. The molecule has 0 aromatic carbocycles. The van der Waals surface area contributed by atoms with Gasteiger partial charge in [-0.2, -0.15) is 0 Å². The average Bonchev–Trinajstić information content (AvgIpc) is 1.65. The minimum Gasteiger partial charge on any atom is -0.298 e. The Kier molecular flexibility index (Phi) is 3.44. The Bertz CT molecular complexity index is 131. The van der Waals surface area contributed by atoms with Gasteiger partial charge in [-0.15, -0.1) is 0 Å². The molecule has 1 nitrogen and oxygen atoms in total. The zero-order valence-corrected chi connectivity index (χ0v) is 6.23. The molecule has 0 radical (unpaired) electrons. The number of halogens is 1. The van der Waals surface area contributed by atoms with Gasteiger partial charge in [-0.3, -0.25) is 4.79 Å². The molecule has 0 amide bonds. The molecule has 0 aromatic rings. The van der Waals surface area contributed by atoms with Crippen LogP contribution >= 0.6 is 15.9 Å². The van der Waals surface area contributed by atoms with Crippen molar-refractivity contribution in [2.24, 2.45) is 0 Å². The molecule has 0 bridgehead atoms. The number of carbonyl (C=O) groups excluding carboxylic acids is 1. The van der Waals surface area contributed by atoms with Gasteiger partial charge in [0.25, 0.3) is 0 Å². The maximum Gasteiger partial charge on any atom is 0.149 e. The van der Waals surface area contributed by atoms with Gasteiger partial charge < -0.3 is 0 Å². The maximum absolute atomic E-state index is 9.88. The van der Waals surface area contributed by atoms with E-state index in [0.717, 1.165) is 4.48 Å². The molecular weight excluding hydrogens is 168 g/mol. The third kappa shape index (κ3) is 3.81. The van der Waals surface area contributed by atoms with Crippen molar-refractivity contribution in [3.8, 4) is 0 Å². The van der Waals surface area contributed by atoms with Crippen LogP contribution in [-0.2, 0) is 4.79 Å². The third-order valence-corrected chi connectivity index (χ3v) is 0.765. The van der Waals surface area contributed by atoms with Crippen LogP contribution in [0.15, 0.2) is 22.7 Å². The van der Waals surface area contributed by atoms with Crippen molar-refractivity contribution >= 4 is 22.2 Å². The van der Waals surface area contributed by atoms with Crippen molar-refractivity contribution in [3.05, 3.63) is 22.7 Å². The van der Waals surface area contributed by atoms with Crippen molar-refractivity contribution in [1.29, 1.82) is 0 Å². The second-order valence-electron chi connectivity index (χ2n) is 1.42. The minimum atomic E-state index is 0.486. The van der Waals surface area contributed by atoms with E-state index in [9.17, 15) is 4.79 Å². The van der Waals surface area contributed by atoms with Gasteiger partial charge in [0.2, 0.25) is 0 Å². The van der Waals surface area contributed by atoms with Gasteiger partial charge in [0.1, 0.15) is 6.29 Å². The van der Waals surface area contributed by atoms with E-state index in [-0.39, 0.29) is 0 Å². The predicted molar refractivity (Wildman–Crippen MR) is 37.9 cm³/mol. The normalized spacial score (nSPS) is 11.0. The predicted octanol–water partition coefficient (Wildman–Crippen LogP) is 2.04. The van der Waals surface area contributed by atoms with E-state index < -0.39 is 0 Å². The molecular formula is C6H7BrO. The lowest BCUT2D eigenvalue weighted by Crippen LogP contribution is -1.73. The maximum atomic E-state index is 9.88. The molecule has 0 spiro atoms. The SMILES string of the molecule is C=C(C=O)C=C(C)Br. The highest BCUT2D eigenvalue weighted by Crippen LogP contribution is 2.04. The fraction of sp³-hybridized carbons (Fsp3) is 0.167. The van der Waals surface area contributed by atoms with Crippen molar-refractivity contribution in [2.45, 2.75) is 6.92 Å². The Balaban J connectivity index is 3.89. The smallest absolute Gasteiger partial charge is 0.149 e. The van der Waals surface area contributed by atoms with Crippen LogP contribution in [0.3, 0.4) is 0 Å². The van der Waals surface area contributed by atoms with E-state index in [0.29, 0.717) is 11.9 Å². The molecule has 0 unspecified atom stereocenters. The molecule has 2 heteroatoms. The second-order valence-corrected chi connectivity index (χ2v) is 2.67. The van der Waals surface area contributed by atoms with Gasteiger partial charge >= 0.3 is 0 Å². The molecule has 0 N–H and O–H groups in total. The first kappa shape index (κ1) is 7.63. The highest BCUT2D eigenvalue weighted by Gasteiger charge is 1.82. The lowest BCUT2D eigenvalue weighted by Gasteiger charge is -1.82. The van der Waals surface area contributed by atoms with Crippen LogP contribution in [0.1, 0.15) is 6.92 Å². The second kappa shape index (κ2) is 3.61. The van der Waals surface area contributed by atoms with E-state index in [1.807, 2.05) is 6.92 Å². The number of allylic oxidation sites excluding steroid dienone is 3. The number of rotatable bonds is 2. The van der Waals surface area contributed by atoms with Crippen LogP contribution in [0.2, 0.25) is 0 Å². The van der Waals surface area contributed by atoms with Gasteiger partial charge in [-0.25, -0.2) is 0 Å². The van der Waals surface area contributed by atoms with Gasteiger partial charge in [0, 0.05) is 5.57 Å². The number of carbonyl (C=O) groups is 1. The quantitative estimate of drug-likeness (QED) is 0.356. The molecule has 0 aliphatic carbocycles. The molecule has 0 saturated carbocycles. The Morgan fingerprint density at radius 1 is 1.75 bits per heavy atom. The summed E-state index contributed by atoms with van der Waals surface area (Å²) in [6, 6.07) is 0. The molecule has 0 saturated heterocycles. The van der Waals surface area contributed by atoms with Gasteiger partial charge in [-0.05, 0) is 17.5 Å². The number of hydrogen-bond donors (Lipinski definition) is 0. The van der Waals surface area contributed by atoms with E-state index >= 15 is 0 Å². The fourth-order valence-electron chi connectivity index (χ4n) is 0.289. The summed E-state index contributed by atoms with van der Waals surface area (Å²) in [5, 5.41) is 0. The molecule has 0 heterocycles. The van der Waals surface area contributed by atoms with Crippen LogP contribution in [0.5, 0.6) is 0 Å². The van der Waals surface area contributed by atoms with Crippen molar-refractivity contribution in [1.82, 2.24) is 0 Å². The molecule has 0 aliphatic heterocycles. The summed E-state index contributed by atoms with van der Waals surface area (Å²) in [5.41, 5.74) is 0.486. The zero-order chi connectivity index (χ0) is 6.57. The molecule has 0 fully saturated rings. The summed E-state index contributed by atoms with van der Waals surface area (Å²) in [4.78, 5) is 9.88. The monoisotopic (exact) mass is 174 g/mol. The van der Waals surface area contributed by atoms with Gasteiger partial charge in [0.05, 0.1) is 0 Å². The Labute approximate surface area is 57.2 Å². The summed E-state index contributed by atoms with van der Waals surface area (Å²) in [5.74, 6) is 0. The van der Waals surface area contributed by atoms with E-state index in [1.54, 1.807) is 6.08 Å². The highest BCUT2D eigenvalue weighted by atomic mass is 79.9. The lowest BCUT2D eigenvalue weighted by atomic mass is 10.3. The third-order valence-electron chi connectivity index (χ3n) is 0.536. The van der Waals surface area contributed by atoms with Crippen molar-refractivity contribution in [3.63, 3.8) is 0 Å². The topological polar surface area (TPSA) is 17.1 Å². The molecule has 0 atom stereocenters. The molecule has 8 heavy (non-hydrogen) atoms. The van der Waals surface area contributed by atoms with Crippen LogP contribution in [0.4, 0.5) is 0 Å². The average molecular weight is 175 g/mol. The number of aldehydes is 1. The Hall–Kier alpha value is -0.370. The summed E-state index contributed by atoms with van der Waals surface area (Å²) >= 11 is 3.16. The van der Waals surface area contributed by atoms with E-state index in [2.05, 4.69) is 22.5 Å². The minimum absolute atomic E-state index is 0.486. The standard InChI is InChI=1S/C6H7BrO/c1-5(4-8)3-6(2)7/h3-4H,1H2,2H3. The molecule has 0 aromatic heterocycles. The molecule has 44 valence electrons. The van der Waals surface area contributed by atoms with Gasteiger partial charge in [-0.1, -0.05) is 22.5 Å². The van der Waals surface area contributed by atoms with Crippen LogP contribution in [0, 0.1) is 0 Å². The van der Waals surface area contributed by atoms with Crippen LogP contribution in [-0.4, -0.2) is 6.29 Å². The number of hydrogen-bond acceptors (Lipinski definition) is 1. The van der Waals surface area contributed by atoms with E-state index in [1.165, 1.54) is 0 Å². The van der Waals surface area contributed by atoms with Crippen molar-refractivity contribution in [2.75, 3.05) is 0 Å². The summed E-state index contributed by atoms with van der Waals surface area (Å²) in [6.07, 6.45) is 2.37. The summed E-state index contributed by atoms with van der Waals surface area (Å²) in [7, 11) is 0. The summed E-state index contributed by atoms with van der Waals surface area (Å²) < 4.78 is 0.912. The largest absolute Gasteiger partial charge is 0.298 e. The first-order valence-corrected chi connectivity index (χ1v) is 2.94. The lowest BCUT2D eigenvalue weighted by molar-refractivity contribution is -0.104. The first-order chi connectivity index (χ1) is 3.66. The van der Waals surface area contributed by atoms with Crippen LogP contribution < -0.4 is 0 Å².